The molecule has 4 nitrogen and oxygen atoms in total. The van der Waals surface area contributed by atoms with Crippen LogP contribution >= 0.6 is 0 Å². The summed E-state index contributed by atoms with van der Waals surface area (Å²) in [6.07, 6.45) is 0. The van der Waals surface area contributed by atoms with E-state index in [-0.39, 0.29) is 5.63 Å². The Morgan fingerprint density at radius 3 is 1.79 bits per heavy atom. The van der Waals surface area contributed by atoms with Crippen molar-refractivity contribution < 1.29 is 4.42 Å². The normalized spacial score (nSPS) is 12.3. The zero-order valence-corrected chi connectivity index (χ0v) is 15.2. The van der Waals surface area contributed by atoms with E-state index in [1.807, 2.05) is 36.4 Å². The highest BCUT2D eigenvalue weighted by Crippen LogP contribution is 2.35. The third kappa shape index (κ3) is 1.90. The van der Waals surface area contributed by atoms with E-state index >= 15 is 0 Å². The van der Waals surface area contributed by atoms with Crippen LogP contribution in [0.15, 0.2) is 82.0 Å². The van der Waals surface area contributed by atoms with Gasteiger partial charge in [0, 0.05) is 54.9 Å². The van der Waals surface area contributed by atoms with Crippen LogP contribution in [0.4, 0.5) is 0 Å². The topological polar surface area (TPSA) is 61.8 Å². The molecule has 0 bridgehead atoms. The summed E-state index contributed by atoms with van der Waals surface area (Å²) in [4.78, 5) is 19.6. The molecular weight excluding hydrogens is 360 g/mol. The summed E-state index contributed by atoms with van der Waals surface area (Å²) in [6.45, 7) is 0. The molecule has 4 heteroatoms. The third-order valence-corrected chi connectivity index (χ3v) is 5.96. The van der Waals surface area contributed by atoms with Gasteiger partial charge in [-0.25, -0.2) is 4.79 Å². The molecule has 2 N–H and O–H groups in total. The number of nitrogens with one attached hydrogen (secondary N) is 2. The number of aromatic amines is 2. The fraction of sp³-hybridized carbons (Fsp3) is 0. The second-order valence-corrected chi connectivity index (χ2v) is 7.57. The summed E-state index contributed by atoms with van der Waals surface area (Å²) in [5.41, 5.74) is 4.33. The maximum absolute atomic E-state index is 12.8. The molecule has 7 aromatic rings. The molecule has 29 heavy (non-hydrogen) atoms. The number of H-pyrrole nitrogens is 2. The average molecular weight is 374 g/mol. The molecule has 0 saturated heterocycles. The van der Waals surface area contributed by atoms with Crippen molar-refractivity contribution in [1.29, 1.82) is 0 Å². The van der Waals surface area contributed by atoms with Crippen LogP contribution in [-0.2, 0) is 0 Å². The van der Waals surface area contributed by atoms with E-state index in [4.69, 9.17) is 4.42 Å². The summed E-state index contributed by atoms with van der Waals surface area (Å²) in [7, 11) is 0. The van der Waals surface area contributed by atoms with Crippen molar-refractivity contribution >= 4 is 65.4 Å². The fourth-order valence-corrected chi connectivity index (χ4v) is 4.62. The van der Waals surface area contributed by atoms with E-state index in [2.05, 4.69) is 46.4 Å². The molecule has 3 aromatic heterocycles. The average Bonchev–Trinajstić information content (AvgIpc) is 3.29. The first-order valence-electron chi connectivity index (χ1n) is 9.58. The predicted molar refractivity (Wildman–Crippen MR) is 119 cm³/mol. The molecule has 0 spiro atoms. The SMILES string of the molecule is O=c1oc2cc3[nH]c4ccccc4c3cc2c2cc3c(cc12)[nH]c1ccccc13. The molecule has 0 saturated carbocycles. The van der Waals surface area contributed by atoms with Crippen molar-refractivity contribution in [2.75, 3.05) is 0 Å². The number of rotatable bonds is 0. The van der Waals surface area contributed by atoms with Crippen LogP contribution < -0.4 is 5.63 Å². The second-order valence-electron chi connectivity index (χ2n) is 7.57. The molecule has 7 rings (SSSR count). The molecule has 4 aromatic carbocycles. The third-order valence-electron chi connectivity index (χ3n) is 5.96. The quantitative estimate of drug-likeness (QED) is 0.245. The van der Waals surface area contributed by atoms with E-state index in [1.54, 1.807) is 0 Å². The van der Waals surface area contributed by atoms with Crippen molar-refractivity contribution in [3.63, 3.8) is 0 Å². The minimum atomic E-state index is -0.316. The first-order chi connectivity index (χ1) is 14.3. The molecule has 0 fully saturated rings. The van der Waals surface area contributed by atoms with Crippen LogP contribution in [0, 0.1) is 0 Å². The number of fused-ring (bicyclic) bond motifs is 9. The molecule has 3 heterocycles. The van der Waals surface area contributed by atoms with Crippen LogP contribution in [0.5, 0.6) is 0 Å². The molecule has 0 amide bonds. The Kier molecular flexibility index (Phi) is 2.60. The van der Waals surface area contributed by atoms with Crippen LogP contribution in [0.25, 0.3) is 65.4 Å². The van der Waals surface area contributed by atoms with Gasteiger partial charge in [-0.3, -0.25) is 0 Å². The number of aromatic nitrogens is 2. The largest absolute Gasteiger partial charge is 0.422 e. The molecule has 0 unspecified atom stereocenters. The minimum absolute atomic E-state index is 0.316. The summed E-state index contributed by atoms with van der Waals surface area (Å²) in [5.74, 6) is 0. The van der Waals surface area contributed by atoms with Crippen LogP contribution in [0.1, 0.15) is 0 Å². The Balaban J connectivity index is 1.72. The zero-order chi connectivity index (χ0) is 19.1. The molecule has 0 aliphatic rings. The van der Waals surface area contributed by atoms with Gasteiger partial charge in [0.25, 0.3) is 0 Å². The number of para-hydroxylation sites is 2. The van der Waals surface area contributed by atoms with Crippen molar-refractivity contribution in [1.82, 2.24) is 9.97 Å². The van der Waals surface area contributed by atoms with E-state index < -0.39 is 0 Å². The van der Waals surface area contributed by atoms with Crippen molar-refractivity contribution in [2.24, 2.45) is 0 Å². The van der Waals surface area contributed by atoms with E-state index in [9.17, 15) is 4.79 Å². The molecule has 0 atom stereocenters. The molecule has 136 valence electrons. The van der Waals surface area contributed by atoms with Gasteiger partial charge < -0.3 is 14.4 Å². The highest BCUT2D eigenvalue weighted by Gasteiger charge is 2.14. The molecular formula is C25H14N2O2. The molecule has 0 aliphatic heterocycles. The summed E-state index contributed by atoms with van der Waals surface area (Å²) >= 11 is 0. The highest BCUT2D eigenvalue weighted by atomic mass is 16.4. The lowest BCUT2D eigenvalue weighted by atomic mass is 10.0. The van der Waals surface area contributed by atoms with Crippen molar-refractivity contribution in [3.8, 4) is 0 Å². The highest BCUT2D eigenvalue weighted by molar-refractivity contribution is 6.19. The van der Waals surface area contributed by atoms with Gasteiger partial charge in [-0.15, -0.1) is 0 Å². The Labute approximate surface area is 163 Å². The summed E-state index contributed by atoms with van der Waals surface area (Å²) in [5, 5.41) is 7.01. The van der Waals surface area contributed by atoms with E-state index in [0.29, 0.717) is 11.0 Å². The van der Waals surface area contributed by atoms with E-state index in [1.165, 1.54) is 0 Å². The lowest BCUT2D eigenvalue weighted by molar-refractivity contribution is 0.570. The van der Waals surface area contributed by atoms with Gasteiger partial charge in [-0.1, -0.05) is 36.4 Å². The van der Waals surface area contributed by atoms with Crippen molar-refractivity contribution in [3.05, 3.63) is 83.2 Å². The Bertz CT molecular complexity index is 1830. The lowest BCUT2D eigenvalue weighted by Gasteiger charge is -2.04. The monoisotopic (exact) mass is 374 g/mol. The number of benzene rings is 4. The zero-order valence-electron chi connectivity index (χ0n) is 15.2. The van der Waals surface area contributed by atoms with Crippen LogP contribution in [-0.4, -0.2) is 9.97 Å². The summed E-state index contributed by atoms with van der Waals surface area (Å²) in [6, 6.07) is 24.5. The van der Waals surface area contributed by atoms with Crippen LogP contribution in [0.3, 0.4) is 0 Å². The van der Waals surface area contributed by atoms with Crippen LogP contribution in [0.2, 0.25) is 0 Å². The first kappa shape index (κ1) is 14.9. The number of hydrogen-bond donors (Lipinski definition) is 2. The van der Waals surface area contributed by atoms with Crippen molar-refractivity contribution in [2.45, 2.75) is 0 Å². The van der Waals surface area contributed by atoms with Gasteiger partial charge in [0.05, 0.1) is 10.9 Å². The van der Waals surface area contributed by atoms with Gasteiger partial charge in [0.2, 0.25) is 0 Å². The number of hydrogen-bond acceptors (Lipinski definition) is 2. The van der Waals surface area contributed by atoms with Gasteiger partial charge in [0.1, 0.15) is 5.58 Å². The Morgan fingerprint density at radius 2 is 1.10 bits per heavy atom. The fourth-order valence-electron chi connectivity index (χ4n) is 4.62. The van der Waals surface area contributed by atoms with E-state index in [0.717, 1.165) is 54.4 Å². The second kappa shape index (κ2) is 5.06. The van der Waals surface area contributed by atoms with Gasteiger partial charge in [0.15, 0.2) is 0 Å². The maximum atomic E-state index is 12.8. The van der Waals surface area contributed by atoms with Gasteiger partial charge in [-0.05, 0) is 30.3 Å². The van der Waals surface area contributed by atoms with Gasteiger partial charge in [-0.2, -0.15) is 0 Å². The Morgan fingerprint density at radius 1 is 0.517 bits per heavy atom. The maximum Gasteiger partial charge on any atom is 0.344 e. The Hall–Kier alpha value is -4.05. The minimum Gasteiger partial charge on any atom is -0.422 e. The molecule has 0 aliphatic carbocycles. The standard InChI is InChI=1S/C25H14N2O2/c28-25-19-11-22-16(13-5-1-3-7-20(13)26-22)9-15(19)18-10-17-14-6-2-4-8-21(14)27-23(17)12-24(18)29-25/h1-12,26-27H. The smallest absolute Gasteiger partial charge is 0.344 e. The predicted octanol–water partition coefficient (Wildman–Crippen LogP) is 6.22. The molecule has 0 radical (unpaired) electrons. The first-order valence-corrected chi connectivity index (χ1v) is 9.58. The van der Waals surface area contributed by atoms with Gasteiger partial charge >= 0.3 is 5.63 Å². The summed E-state index contributed by atoms with van der Waals surface area (Å²) < 4.78 is 5.71. The lowest BCUT2D eigenvalue weighted by Crippen LogP contribution is -1.99.